The first-order chi connectivity index (χ1) is 10.1. The van der Waals surface area contributed by atoms with E-state index in [0.29, 0.717) is 11.2 Å². The number of hydrogen-bond acceptors (Lipinski definition) is 5. The first-order valence-electron chi connectivity index (χ1n) is 6.09. The molecule has 1 heterocycles. The highest BCUT2D eigenvalue weighted by Gasteiger charge is 2.20. The van der Waals surface area contributed by atoms with E-state index in [-0.39, 0.29) is 6.54 Å². The molecule has 2 aromatic rings. The first-order valence-corrected chi connectivity index (χ1v) is 6.09. The van der Waals surface area contributed by atoms with Crippen molar-refractivity contribution < 1.29 is 14.4 Å². The molecular weight excluding hydrogens is 272 g/mol. The average molecular weight is 284 g/mol. The molecule has 0 saturated carbocycles. The lowest BCUT2D eigenvalue weighted by atomic mass is 10.1. The van der Waals surface area contributed by atoms with Crippen molar-refractivity contribution in [3.8, 4) is 0 Å². The van der Waals surface area contributed by atoms with Crippen LogP contribution in [0.3, 0.4) is 0 Å². The zero-order valence-electron chi connectivity index (χ0n) is 11.0. The van der Waals surface area contributed by atoms with Gasteiger partial charge in [0, 0.05) is 11.6 Å². The maximum absolute atomic E-state index is 12.1. The number of nitrogens with two attached hydrogens (primary N) is 1. The smallest absolute Gasteiger partial charge is 0.250 e. The van der Waals surface area contributed by atoms with E-state index in [1.165, 1.54) is 11.0 Å². The summed E-state index contributed by atoms with van der Waals surface area (Å²) in [6, 6.07) is 8.83. The van der Waals surface area contributed by atoms with Gasteiger partial charge in [0.2, 0.25) is 17.9 Å². The number of primary amides is 1. The van der Waals surface area contributed by atoms with Crippen LogP contribution in [0.1, 0.15) is 0 Å². The molecule has 0 spiro atoms. The zero-order chi connectivity index (χ0) is 15.2. The van der Waals surface area contributed by atoms with Crippen LogP contribution in [0.4, 0.5) is 5.69 Å². The summed E-state index contributed by atoms with van der Waals surface area (Å²) < 4.78 is 0. The van der Waals surface area contributed by atoms with E-state index in [2.05, 4.69) is 9.98 Å². The number of anilines is 1. The predicted octanol–water partition coefficient (Wildman–Crippen LogP) is 0.389. The van der Waals surface area contributed by atoms with Crippen molar-refractivity contribution >= 4 is 34.5 Å². The van der Waals surface area contributed by atoms with Gasteiger partial charge in [-0.25, -0.2) is 4.79 Å². The van der Waals surface area contributed by atoms with Crippen LogP contribution in [0.5, 0.6) is 0 Å². The molecule has 1 aromatic heterocycles. The molecule has 0 aliphatic carbocycles. The molecule has 21 heavy (non-hydrogen) atoms. The van der Waals surface area contributed by atoms with Gasteiger partial charge in [-0.15, -0.1) is 0 Å². The normalized spacial score (nSPS) is 9.90. The van der Waals surface area contributed by atoms with E-state index in [1.54, 1.807) is 24.4 Å². The van der Waals surface area contributed by atoms with Gasteiger partial charge in [-0.05, 0) is 12.1 Å². The lowest BCUT2D eigenvalue weighted by molar-refractivity contribution is -0.121. The number of isocyanates is 1. The Bertz CT molecular complexity index is 733. The summed E-state index contributed by atoms with van der Waals surface area (Å²) in [6.45, 7) is -0.719. The Kier molecular flexibility index (Phi) is 4.38. The maximum Gasteiger partial charge on any atom is 0.250 e. The monoisotopic (exact) mass is 284 g/mol. The highest BCUT2D eigenvalue weighted by atomic mass is 16.2. The molecule has 2 N–H and O–H groups in total. The predicted molar refractivity (Wildman–Crippen MR) is 76.3 cm³/mol. The van der Waals surface area contributed by atoms with Crippen molar-refractivity contribution in [2.24, 2.45) is 10.7 Å². The molecular formula is C14H12N4O3. The SMILES string of the molecule is NC(=O)CN(C(=O)CN=C=O)c1cccc2cccnc12. The van der Waals surface area contributed by atoms with Crippen molar-refractivity contribution in [1.82, 2.24) is 4.98 Å². The molecule has 7 heteroatoms. The number of carbonyl (C=O) groups excluding carboxylic acids is 3. The molecule has 0 aliphatic rings. The number of amides is 2. The summed E-state index contributed by atoms with van der Waals surface area (Å²) in [7, 11) is 0. The second-order valence-electron chi connectivity index (χ2n) is 4.21. The summed E-state index contributed by atoms with van der Waals surface area (Å²) in [5.41, 5.74) is 6.18. The number of pyridine rings is 1. The summed E-state index contributed by atoms with van der Waals surface area (Å²) in [5.74, 6) is -1.21. The largest absolute Gasteiger partial charge is 0.368 e. The van der Waals surface area contributed by atoms with Gasteiger partial charge in [0.25, 0.3) is 0 Å². The Balaban J connectivity index is 2.50. The third kappa shape index (κ3) is 3.29. The summed E-state index contributed by atoms with van der Waals surface area (Å²) in [6.07, 6.45) is 2.88. The number of hydrogen-bond donors (Lipinski definition) is 1. The Morgan fingerprint density at radius 3 is 2.76 bits per heavy atom. The third-order valence-corrected chi connectivity index (χ3v) is 2.80. The third-order valence-electron chi connectivity index (χ3n) is 2.80. The van der Waals surface area contributed by atoms with E-state index in [9.17, 15) is 14.4 Å². The van der Waals surface area contributed by atoms with E-state index in [0.717, 1.165) is 5.39 Å². The van der Waals surface area contributed by atoms with Crippen LogP contribution in [0.15, 0.2) is 41.5 Å². The van der Waals surface area contributed by atoms with E-state index < -0.39 is 18.4 Å². The van der Waals surface area contributed by atoms with Crippen LogP contribution < -0.4 is 10.6 Å². The number of aromatic nitrogens is 1. The average Bonchev–Trinajstić information content (AvgIpc) is 2.49. The highest BCUT2D eigenvalue weighted by Crippen LogP contribution is 2.24. The van der Waals surface area contributed by atoms with Gasteiger partial charge in [0.05, 0.1) is 11.2 Å². The van der Waals surface area contributed by atoms with E-state index in [1.807, 2.05) is 12.1 Å². The fourth-order valence-corrected chi connectivity index (χ4v) is 1.95. The Labute approximate surface area is 120 Å². The number of benzene rings is 1. The van der Waals surface area contributed by atoms with Gasteiger partial charge in [-0.2, -0.15) is 4.99 Å². The Morgan fingerprint density at radius 1 is 1.29 bits per heavy atom. The van der Waals surface area contributed by atoms with Gasteiger partial charge < -0.3 is 5.73 Å². The van der Waals surface area contributed by atoms with Crippen molar-refractivity contribution in [1.29, 1.82) is 0 Å². The molecule has 0 bridgehead atoms. The number of carbonyl (C=O) groups is 2. The molecule has 0 atom stereocenters. The second-order valence-corrected chi connectivity index (χ2v) is 4.21. The lowest BCUT2D eigenvalue weighted by Crippen LogP contribution is -2.40. The van der Waals surface area contributed by atoms with Crippen molar-refractivity contribution in [2.75, 3.05) is 18.0 Å². The molecule has 0 fully saturated rings. The van der Waals surface area contributed by atoms with Crippen molar-refractivity contribution in [3.63, 3.8) is 0 Å². The molecule has 106 valence electrons. The fraction of sp³-hybridized carbons (Fsp3) is 0.143. The van der Waals surface area contributed by atoms with E-state index in [4.69, 9.17) is 5.73 Å². The van der Waals surface area contributed by atoms with Gasteiger partial charge in [0.15, 0.2) is 0 Å². The minimum Gasteiger partial charge on any atom is -0.368 e. The minimum absolute atomic E-state index is 0.317. The van der Waals surface area contributed by atoms with Crippen LogP contribution in [0.25, 0.3) is 10.9 Å². The summed E-state index contributed by atoms with van der Waals surface area (Å²) in [4.78, 5) is 42.1. The minimum atomic E-state index is -0.675. The first kappa shape index (κ1) is 14.4. The molecule has 7 nitrogen and oxygen atoms in total. The van der Waals surface area contributed by atoms with Gasteiger partial charge in [0.1, 0.15) is 13.1 Å². The molecule has 2 rings (SSSR count). The molecule has 2 amide bonds. The number of rotatable bonds is 5. The van der Waals surface area contributed by atoms with Gasteiger partial charge >= 0.3 is 0 Å². The van der Waals surface area contributed by atoms with E-state index >= 15 is 0 Å². The lowest BCUT2D eigenvalue weighted by Gasteiger charge is -2.21. The van der Waals surface area contributed by atoms with Crippen LogP contribution >= 0.6 is 0 Å². The zero-order valence-corrected chi connectivity index (χ0v) is 11.0. The molecule has 0 unspecified atom stereocenters. The number of aliphatic imine (C=N–C) groups is 1. The molecule has 1 aromatic carbocycles. The topological polar surface area (TPSA) is 106 Å². The molecule has 0 aliphatic heterocycles. The van der Waals surface area contributed by atoms with Gasteiger partial charge in [-0.3, -0.25) is 19.5 Å². The summed E-state index contributed by atoms with van der Waals surface area (Å²) >= 11 is 0. The van der Waals surface area contributed by atoms with Crippen LogP contribution in [-0.4, -0.2) is 36.0 Å². The van der Waals surface area contributed by atoms with Crippen LogP contribution in [0.2, 0.25) is 0 Å². The summed E-state index contributed by atoms with van der Waals surface area (Å²) in [5, 5.41) is 0.816. The number of para-hydroxylation sites is 1. The van der Waals surface area contributed by atoms with Gasteiger partial charge in [-0.1, -0.05) is 18.2 Å². The van der Waals surface area contributed by atoms with Crippen LogP contribution in [-0.2, 0) is 14.4 Å². The quantitative estimate of drug-likeness (QED) is 0.633. The Hall–Kier alpha value is -3.05. The van der Waals surface area contributed by atoms with Crippen molar-refractivity contribution in [2.45, 2.75) is 0 Å². The van der Waals surface area contributed by atoms with Crippen molar-refractivity contribution in [3.05, 3.63) is 36.5 Å². The van der Waals surface area contributed by atoms with Crippen LogP contribution in [0, 0.1) is 0 Å². The standard InChI is InChI=1S/C14H12N4O3/c15-12(20)8-18(13(21)7-16-9-19)11-5-1-3-10-4-2-6-17-14(10)11/h1-6H,7-8H2,(H2,15,20). The fourth-order valence-electron chi connectivity index (χ4n) is 1.95. The molecule has 0 saturated heterocycles. The number of fused-ring (bicyclic) bond motifs is 1. The molecule has 0 radical (unpaired) electrons. The second kappa shape index (κ2) is 6.40. The highest BCUT2D eigenvalue weighted by molar-refractivity contribution is 6.05. The maximum atomic E-state index is 12.1. The Morgan fingerprint density at radius 2 is 2.05 bits per heavy atom. The number of nitrogens with zero attached hydrogens (tertiary/aromatic N) is 3.